The standard InChI is InChI=1S/C12H17NO4S/c1-9(13-5-7-18(15)8-6-13)10-3-4-11(17-10)12(14)16-2/h3-4,9H,5-8H2,1-2H3. The van der Waals surface area contributed by atoms with E-state index in [4.69, 9.17) is 4.42 Å². The van der Waals surface area contributed by atoms with E-state index in [0.29, 0.717) is 11.5 Å². The number of carbonyl (C=O) groups is 1. The molecule has 1 fully saturated rings. The van der Waals surface area contributed by atoms with Gasteiger partial charge in [0, 0.05) is 35.4 Å². The first-order valence-corrected chi connectivity index (χ1v) is 7.37. The Hall–Kier alpha value is -1.14. The second-order valence-electron chi connectivity index (χ2n) is 4.25. The summed E-state index contributed by atoms with van der Waals surface area (Å²) in [5.74, 6) is 1.90. The third-order valence-corrected chi connectivity index (χ3v) is 4.46. The van der Waals surface area contributed by atoms with Crippen LogP contribution in [0.5, 0.6) is 0 Å². The van der Waals surface area contributed by atoms with E-state index >= 15 is 0 Å². The second kappa shape index (κ2) is 5.67. The van der Waals surface area contributed by atoms with Crippen molar-refractivity contribution in [3.63, 3.8) is 0 Å². The van der Waals surface area contributed by atoms with Crippen LogP contribution in [0.2, 0.25) is 0 Å². The number of hydrogen-bond acceptors (Lipinski definition) is 5. The Bertz CT molecular complexity index is 447. The molecule has 100 valence electrons. The summed E-state index contributed by atoms with van der Waals surface area (Å²) in [6.07, 6.45) is 0. The minimum absolute atomic E-state index is 0.0840. The summed E-state index contributed by atoms with van der Waals surface area (Å²) in [6, 6.07) is 3.50. The Morgan fingerprint density at radius 1 is 1.44 bits per heavy atom. The molecular weight excluding hydrogens is 254 g/mol. The second-order valence-corrected chi connectivity index (χ2v) is 5.95. The molecule has 0 radical (unpaired) electrons. The molecule has 6 heteroatoms. The van der Waals surface area contributed by atoms with Crippen LogP contribution in [0.4, 0.5) is 0 Å². The third kappa shape index (κ3) is 2.81. The van der Waals surface area contributed by atoms with Gasteiger partial charge in [0.25, 0.3) is 0 Å². The highest BCUT2D eigenvalue weighted by atomic mass is 32.2. The van der Waals surface area contributed by atoms with Crippen LogP contribution in [0.1, 0.15) is 29.3 Å². The van der Waals surface area contributed by atoms with Crippen LogP contribution in [0.15, 0.2) is 16.5 Å². The van der Waals surface area contributed by atoms with Gasteiger partial charge in [-0.15, -0.1) is 0 Å². The average Bonchev–Trinajstić information content (AvgIpc) is 2.87. The number of esters is 1. The van der Waals surface area contributed by atoms with E-state index in [0.717, 1.165) is 18.8 Å². The molecule has 18 heavy (non-hydrogen) atoms. The zero-order valence-electron chi connectivity index (χ0n) is 10.5. The Morgan fingerprint density at radius 3 is 2.72 bits per heavy atom. The maximum absolute atomic E-state index is 11.3. The maximum atomic E-state index is 11.3. The molecule has 0 aromatic carbocycles. The van der Waals surface area contributed by atoms with Gasteiger partial charge in [-0.3, -0.25) is 9.11 Å². The van der Waals surface area contributed by atoms with Crippen molar-refractivity contribution in [3.05, 3.63) is 23.7 Å². The largest absolute Gasteiger partial charge is 0.463 e. The molecule has 1 saturated heterocycles. The van der Waals surface area contributed by atoms with Crippen LogP contribution < -0.4 is 0 Å². The number of rotatable bonds is 3. The maximum Gasteiger partial charge on any atom is 0.373 e. The first-order chi connectivity index (χ1) is 8.61. The highest BCUT2D eigenvalue weighted by molar-refractivity contribution is 7.85. The fraction of sp³-hybridized carbons (Fsp3) is 0.583. The van der Waals surface area contributed by atoms with Crippen LogP contribution in [-0.4, -0.2) is 46.8 Å². The molecular formula is C12H17NO4S. The van der Waals surface area contributed by atoms with Crippen LogP contribution in [0.3, 0.4) is 0 Å². The average molecular weight is 271 g/mol. The van der Waals surface area contributed by atoms with Gasteiger partial charge in [-0.1, -0.05) is 0 Å². The van der Waals surface area contributed by atoms with Crippen LogP contribution >= 0.6 is 0 Å². The number of hydrogen-bond donors (Lipinski definition) is 0. The minimum atomic E-state index is -0.684. The molecule has 2 rings (SSSR count). The van der Waals surface area contributed by atoms with Gasteiger partial charge in [0.15, 0.2) is 0 Å². The summed E-state index contributed by atoms with van der Waals surface area (Å²) < 4.78 is 21.4. The fourth-order valence-corrected chi connectivity index (χ4v) is 3.09. The normalized spacial score (nSPS) is 19.7. The van der Waals surface area contributed by atoms with E-state index in [1.54, 1.807) is 12.1 Å². The Labute approximate surface area is 109 Å². The molecule has 5 nitrogen and oxygen atoms in total. The zero-order chi connectivity index (χ0) is 13.1. The number of carbonyl (C=O) groups excluding carboxylic acids is 1. The molecule has 0 N–H and O–H groups in total. The number of methoxy groups -OCH3 is 1. The van der Waals surface area contributed by atoms with Crippen LogP contribution in [0, 0.1) is 0 Å². The Morgan fingerprint density at radius 2 is 2.11 bits per heavy atom. The Balaban J connectivity index is 2.04. The van der Waals surface area contributed by atoms with Gasteiger partial charge in [-0.2, -0.15) is 0 Å². The van der Waals surface area contributed by atoms with Crippen molar-refractivity contribution >= 4 is 16.8 Å². The topological polar surface area (TPSA) is 59.8 Å². The molecule has 1 aromatic heterocycles. The summed E-state index contributed by atoms with van der Waals surface area (Å²) in [4.78, 5) is 13.5. The fourth-order valence-electron chi connectivity index (χ4n) is 2.01. The molecule has 0 saturated carbocycles. The molecule has 1 aromatic rings. The molecule has 0 amide bonds. The lowest BCUT2D eigenvalue weighted by atomic mass is 10.2. The van der Waals surface area contributed by atoms with Gasteiger partial charge in [0.2, 0.25) is 5.76 Å². The molecule has 0 bridgehead atoms. The highest BCUT2D eigenvalue weighted by Crippen LogP contribution is 2.23. The van der Waals surface area contributed by atoms with Crippen molar-refractivity contribution in [3.8, 4) is 0 Å². The van der Waals surface area contributed by atoms with Crippen molar-refractivity contribution in [1.82, 2.24) is 4.90 Å². The first kappa shape index (κ1) is 13.3. The predicted octanol–water partition coefficient (Wildman–Crippen LogP) is 1.19. The van der Waals surface area contributed by atoms with Crippen molar-refractivity contribution in [2.45, 2.75) is 13.0 Å². The van der Waals surface area contributed by atoms with Crippen molar-refractivity contribution < 1.29 is 18.2 Å². The van der Waals surface area contributed by atoms with E-state index in [1.807, 2.05) is 6.92 Å². The van der Waals surface area contributed by atoms with Gasteiger partial charge in [0.05, 0.1) is 13.2 Å². The van der Waals surface area contributed by atoms with Crippen molar-refractivity contribution in [2.75, 3.05) is 31.7 Å². The molecule has 1 aliphatic heterocycles. The van der Waals surface area contributed by atoms with Gasteiger partial charge < -0.3 is 9.15 Å². The summed E-state index contributed by atoms with van der Waals surface area (Å²) in [5.41, 5.74) is 0. The summed E-state index contributed by atoms with van der Waals surface area (Å²) in [7, 11) is 0.644. The molecule has 2 heterocycles. The van der Waals surface area contributed by atoms with E-state index in [1.165, 1.54) is 7.11 Å². The quantitative estimate of drug-likeness (QED) is 0.773. The molecule has 1 unspecified atom stereocenters. The summed E-state index contributed by atoms with van der Waals surface area (Å²) in [5, 5.41) is 0. The van der Waals surface area contributed by atoms with E-state index in [-0.39, 0.29) is 11.8 Å². The van der Waals surface area contributed by atoms with E-state index < -0.39 is 16.8 Å². The van der Waals surface area contributed by atoms with Crippen LogP contribution in [-0.2, 0) is 15.5 Å². The smallest absolute Gasteiger partial charge is 0.373 e. The van der Waals surface area contributed by atoms with Gasteiger partial charge in [-0.25, -0.2) is 4.79 Å². The SMILES string of the molecule is COC(=O)c1ccc(C(C)N2CCS(=O)CC2)o1. The predicted molar refractivity (Wildman–Crippen MR) is 67.9 cm³/mol. The number of nitrogens with zero attached hydrogens (tertiary/aromatic N) is 1. The van der Waals surface area contributed by atoms with Crippen molar-refractivity contribution in [1.29, 1.82) is 0 Å². The molecule has 1 atom stereocenters. The minimum Gasteiger partial charge on any atom is -0.463 e. The van der Waals surface area contributed by atoms with E-state index in [2.05, 4.69) is 9.64 Å². The highest BCUT2D eigenvalue weighted by Gasteiger charge is 2.24. The monoisotopic (exact) mass is 271 g/mol. The third-order valence-electron chi connectivity index (χ3n) is 3.19. The molecule has 1 aliphatic rings. The lowest BCUT2D eigenvalue weighted by Crippen LogP contribution is -2.39. The zero-order valence-corrected chi connectivity index (χ0v) is 11.4. The van der Waals surface area contributed by atoms with Crippen LogP contribution in [0.25, 0.3) is 0 Å². The first-order valence-electron chi connectivity index (χ1n) is 5.89. The summed E-state index contributed by atoms with van der Waals surface area (Å²) >= 11 is 0. The Kier molecular flexibility index (Phi) is 4.19. The van der Waals surface area contributed by atoms with Gasteiger partial charge in [-0.05, 0) is 19.1 Å². The van der Waals surface area contributed by atoms with E-state index in [9.17, 15) is 9.00 Å². The molecule has 0 spiro atoms. The van der Waals surface area contributed by atoms with Gasteiger partial charge in [0.1, 0.15) is 5.76 Å². The molecule has 0 aliphatic carbocycles. The number of furan rings is 1. The lowest BCUT2D eigenvalue weighted by Gasteiger charge is -2.30. The number of ether oxygens (including phenoxy) is 1. The summed E-state index contributed by atoms with van der Waals surface area (Å²) in [6.45, 7) is 3.61. The van der Waals surface area contributed by atoms with Gasteiger partial charge >= 0.3 is 5.97 Å². The lowest BCUT2D eigenvalue weighted by molar-refractivity contribution is 0.0559. The van der Waals surface area contributed by atoms with Crippen molar-refractivity contribution in [2.24, 2.45) is 0 Å².